The number of carbonyl (C=O) groups excluding carboxylic acids is 1. The van der Waals surface area contributed by atoms with Gasteiger partial charge in [0.2, 0.25) is 0 Å². The zero-order valence-electron chi connectivity index (χ0n) is 17.5. The number of amides is 1. The number of benzene rings is 3. The molecule has 31 heavy (non-hydrogen) atoms. The van der Waals surface area contributed by atoms with Crippen LogP contribution in [0.4, 0.5) is 5.69 Å². The van der Waals surface area contributed by atoms with Crippen molar-refractivity contribution < 1.29 is 9.53 Å². The topological polar surface area (TPSA) is 29.5 Å². The molecule has 0 N–H and O–H groups in total. The van der Waals surface area contributed by atoms with Gasteiger partial charge in [0, 0.05) is 16.7 Å². The van der Waals surface area contributed by atoms with E-state index in [9.17, 15) is 4.79 Å². The lowest BCUT2D eigenvalue weighted by atomic mass is 9.86. The standard InChI is InChI=1S/C25H21NO2S3/c1-4-28-16-12-13-20-19(14-16)21-22(30-31-24(21)29)25(2,3)26(20)23(27)18-11-7-9-15-8-5-6-10-17(15)18/h5-14H,4H2,1-3H3. The molecule has 0 radical (unpaired) electrons. The highest BCUT2D eigenvalue weighted by Gasteiger charge is 2.43. The summed E-state index contributed by atoms with van der Waals surface area (Å²) in [6, 6.07) is 19.9. The summed E-state index contributed by atoms with van der Waals surface area (Å²) >= 11 is 5.70. The number of hydrogen-bond acceptors (Lipinski definition) is 5. The van der Waals surface area contributed by atoms with Crippen molar-refractivity contribution in [3.8, 4) is 16.9 Å². The third kappa shape index (κ3) is 3.13. The van der Waals surface area contributed by atoms with E-state index in [1.165, 1.54) is 0 Å². The number of nitrogens with zero attached hydrogens (tertiary/aromatic N) is 1. The summed E-state index contributed by atoms with van der Waals surface area (Å²) in [5.74, 6) is 0.775. The number of rotatable bonds is 3. The van der Waals surface area contributed by atoms with Gasteiger partial charge in [-0.05, 0) is 55.8 Å². The summed E-state index contributed by atoms with van der Waals surface area (Å²) in [5, 5.41) is 2.02. The van der Waals surface area contributed by atoms with Crippen molar-refractivity contribution in [3.05, 3.63) is 74.9 Å². The third-order valence-electron chi connectivity index (χ3n) is 5.76. The van der Waals surface area contributed by atoms with Gasteiger partial charge >= 0.3 is 0 Å². The first-order chi connectivity index (χ1) is 14.9. The molecule has 0 aliphatic carbocycles. The summed E-state index contributed by atoms with van der Waals surface area (Å²) in [6.45, 7) is 6.76. The van der Waals surface area contributed by atoms with Crippen LogP contribution in [0.2, 0.25) is 0 Å². The molecule has 1 amide bonds. The maximum Gasteiger partial charge on any atom is 0.259 e. The average molecular weight is 464 g/mol. The zero-order valence-corrected chi connectivity index (χ0v) is 19.9. The summed E-state index contributed by atoms with van der Waals surface area (Å²) in [7, 11) is 3.26. The van der Waals surface area contributed by atoms with Crippen LogP contribution in [0.25, 0.3) is 21.9 Å². The van der Waals surface area contributed by atoms with Crippen LogP contribution in [0, 0.1) is 3.82 Å². The SMILES string of the molecule is CCOc1ccc2c(c1)-c1c(ssc1=S)C(C)(C)N2C(=O)c1cccc2ccccc12. The minimum absolute atomic E-state index is 0.0119. The molecule has 5 rings (SSSR count). The first kappa shape index (κ1) is 20.4. The number of hydrogen-bond donors (Lipinski definition) is 0. The molecule has 2 heterocycles. The number of carbonyl (C=O) groups is 1. The molecule has 156 valence electrons. The van der Waals surface area contributed by atoms with E-state index in [0.29, 0.717) is 12.2 Å². The van der Waals surface area contributed by atoms with E-state index in [0.717, 1.165) is 42.0 Å². The fraction of sp³-hybridized carbons (Fsp3) is 0.200. The van der Waals surface area contributed by atoms with Crippen LogP contribution >= 0.6 is 32.9 Å². The second kappa shape index (κ2) is 7.55. The minimum Gasteiger partial charge on any atom is -0.494 e. The Hall–Kier alpha value is -2.54. The van der Waals surface area contributed by atoms with Crippen LogP contribution in [-0.2, 0) is 5.54 Å². The molecule has 0 saturated carbocycles. The molecule has 1 aliphatic rings. The molecular formula is C25H21NO2S3. The Morgan fingerprint density at radius 2 is 1.84 bits per heavy atom. The average Bonchev–Trinajstić information content (AvgIpc) is 3.16. The molecule has 4 aromatic rings. The van der Waals surface area contributed by atoms with Crippen LogP contribution in [-0.4, -0.2) is 12.5 Å². The van der Waals surface area contributed by atoms with Crippen molar-refractivity contribution in [1.82, 2.24) is 0 Å². The molecule has 3 aromatic carbocycles. The van der Waals surface area contributed by atoms with E-state index in [2.05, 4.69) is 13.8 Å². The van der Waals surface area contributed by atoms with E-state index in [4.69, 9.17) is 17.0 Å². The van der Waals surface area contributed by atoms with E-state index >= 15 is 0 Å². The first-order valence-corrected chi connectivity index (χ1v) is 12.7. The normalized spacial score (nSPS) is 14.2. The van der Waals surface area contributed by atoms with E-state index in [1.54, 1.807) is 20.7 Å². The van der Waals surface area contributed by atoms with Gasteiger partial charge in [0.25, 0.3) is 5.91 Å². The molecule has 0 atom stereocenters. The predicted molar refractivity (Wildman–Crippen MR) is 133 cm³/mol. The number of fused-ring (bicyclic) bond motifs is 4. The Kier molecular flexibility index (Phi) is 4.96. The minimum atomic E-state index is -0.526. The highest BCUT2D eigenvalue weighted by molar-refractivity contribution is 7.80. The highest BCUT2D eigenvalue weighted by Crippen LogP contribution is 2.53. The van der Waals surface area contributed by atoms with Crippen molar-refractivity contribution in [2.75, 3.05) is 11.5 Å². The zero-order chi connectivity index (χ0) is 21.8. The maximum absolute atomic E-state index is 14.1. The fourth-order valence-corrected chi connectivity index (χ4v) is 7.64. The Morgan fingerprint density at radius 1 is 1.06 bits per heavy atom. The molecule has 3 nitrogen and oxygen atoms in total. The van der Waals surface area contributed by atoms with Crippen LogP contribution in [0.15, 0.2) is 60.7 Å². The quantitative estimate of drug-likeness (QED) is 0.231. The van der Waals surface area contributed by atoms with Crippen molar-refractivity contribution in [1.29, 1.82) is 0 Å². The molecule has 6 heteroatoms. The smallest absolute Gasteiger partial charge is 0.259 e. The Balaban J connectivity index is 1.76. The van der Waals surface area contributed by atoms with Gasteiger partial charge in [0.05, 0.1) is 22.7 Å². The lowest BCUT2D eigenvalue weighted by molar-refractivity contribution is 0.0963. The van der Waals surface area contributed by atoms with Crippen LogP contribution < -0.4 is 9.64 Å². The molecule has 0 saturated heterocycles. The van der Waals surface area contributed by atoms with Gasteiger partial charge < -0.3 is 4.74 Å². The lowest BCUT2D eigenvalue weighted by Gasteiger charge is -2.43. The summed E-state index contributed by atoms with van der Waals surface area (Å²) < 4.78 is 6.62. The predicted octanol–water partition coefficient (Wildman–Crippen LogP) is 7.65. The molecule has 0 spiro atoms. The number of ether oxygens (including phenoxy) is 1. The van der Waals surface area contributed by atoms with E-state index in [-0.39, 0.29) is 5.91 Å². The Labute approximate surface area is 193 Å². The van der Waals surface area contributed by atoms with Gasteiger partial charge in [-0.1, -0.05) is 69.3 Å². The molecular weight excluding hydrogens is 442 g/mol. The molecule has 0 unspecified atom stereocenters. The van der Waals surface area contributed by atoms with Crippen molar-refractivity contribution in [2.45, 2.75) is 26.3 Å². The molecule has 0 bridgehead atoms. The van der Waals surface area contributed by atoms with Gasteiger partial charge in [-0.25, -0.2) is 0 Å². The van der Waals surface area contributed by atoms with E-state index < -0.39 is 5.54 Å². The van der Waals surface area contributed by atoms with Gasteiger partial charge in [-0.2, -0.15) is 0 Å². The largest absolute Gasteiger partial charge is 0.494 e. The number of anilines is 1. The third-order valence-corrected chi connectivity index (χ3v) is 9.09. The maximum atomic E-state index is 14.1. The Morgan fingerprint density at radius 3 is 2.65 bits per heavy atom. The van der Waals surface area contributed by atoms with Gasteiger partial charge in [0.1, 0.15) is 9.57 Å². The van der Waals surface area contributed by atoms with Gasteiger partial charge in [-0.15, -0.1) is 0 Å². The first-order valence-electron chi connectivity index (χ1n) is 10.2. The fourth-order valence-electron chi connectivity index (χ4n) is 4.36. The van der Waals surface area contributed by atoms with Gasteiger partial charge in [0.15, 0.2) is 0 Å². The van der Waals surface area contributed by atoms with Crippen molar-refractivity contribution in [3.63, 3.8) is 0 Å². The van der Waals surface area contributed by atoms with Crippen LogP contribution in [0.3, 0.4) is 0 Å². The van der Waals surface area contributed by atoms with Gasteiger partial charge in [-0.3, -0.25) is 9.69 Å². The second-order valence-corrected chi connectivity index (χ2v) is 10.8. The summed E-state index contributed by atoms with van der Waals surface area (Å²) in [5.41, 5.74) is 3.08. The lowest BCUT2D eigenvalue weighted by Crippen LogP contribution is -2.47. The Bertz CT molecular complexity index is 1380. The van der Waals surface area contributed by atoms with Crippen molar-refractivity contribution in [2.24, 2.45) is 0 Å². The van der Waals surface area contributed by atoms with Crippen molar-refractivity contribution >= 4 is 55.3 Å². The second-order valence-electron chi connectivity index (χ2n) is 8.00. The van der Waals surface area contributed by atoms with Crippen LogP contribution in [0.5, 0.6) is 5.75 Å². The van der Waals surface area contributed by atoms with Crippen LogP contribution in [0.1, 0.15) is 36.0 Å². The summed E-state index contributed by atoms with van der Waals surface area (Å²) in [6.07, 6.45) is 0. The summed E-state index contributed by atoms with van der Waals surface area (Å²) in [4.78, 5) is 17.1. The molecule has 1 aliphatic heterocycles. The monoisotopic (exact) mass is 463 g/mol. The molecule has 1 aromatic heterocycles. The van der Waals surface area contributed by atoms with E-state index in [1.807, 2.05) is 72.5 Å². The highest BCUT2D eigenvalue weighted by atomic mass is 32.9. The molecule has 0 fully saturated rings.